The number of alkyl halides is 3. The molecule has 7 nitrogen and oxygen atoms in total. The van der Waals surface area contributed by atoms with Gasteiger partial charge in [-0.2, -0.15) is 13.2 Å². The maximum absolute atomic E-state index is 13.6. The molecule has 31 heavy (non-hydrogen) atoms. The van der Waals surface area contributed by atoms with E-state index in [0.717, 1.165) is 12.1 Å². The molecule has 0 bridgehead atoms. The summed E-state index contributed by atoms with van der Waals surface area (Å²) < 4.78 is 46.1. The lowest BCUT2D eigenvalue weighted by Crippen LogP contribution is -2.32. The molecule has 4 N–H and O–H groups in total. The number of ether oxygens (including phenoxy) is 1. The van der Waals surface area contributed by atoms with E-state index < -0.39 is 40.6 Å². The van der Waals surface area contributed by atoms with Crippen LogP contribution in [0.25, 0.3) is 6.08 Å². The Labute approximate surface area is 178 Å². The van der Waals surface area contributed by atoms with E-state index in [2.05, 4.69) is 0 Å². The number of carboxylic acid groups (broad SMARTS) is 1. The van der Waals surface area contributed by atoms with Crippen LogP contribution in [-0.2, 0) is 22.2 Å². The molecule has 2 amide bonds. The van der Waals surface area contributed by atoms with Gasteiger partial charge in [-0.05, 0) is 59.7 Å². The van der Waals surface area contributed by atoms with E-state index >= 15 is 0 Å². The minimum Gasteiger partial charge on any atom is -0.480 e. The molecule has 11 heteroatoms. The molecule has 1 unspecified atom stereocenters. The number of amides is 2. The highest BCUT2D eigenvalue weighted by molar-refractivity contribution is 8.18. The van der Waals surface area contributed by atoms with Crippen molar-refractivity contribution in [3.8, 4) is 11.5 Å². The molecule has 0 radical (unpaired) electrons. The highest BCUT2D eigenvalue weighted by Crippen LogP contribution is 2.39. The molecule has 1 heterocycles. The Balaban J connectivity index is 1.84. The second-order valence-electron chi connectivity index (χ2n) is 6.50. The maximum Gasteiger partial charge on any atom is 0.420 e. The van der Waals surface area contributed by atoms with E-state index in [1.54, 1.807) is 0 Å². The van der Waals surface area contributed by atoms with Crippen molar-refractivity contribution >= 4 is 35.0 Å². The summed E-state index contributed by atoms with van der Waals surface area (Å²) in [6.45, 7) is 0. The molecule has 3 rings (SSSR count). The summed E-state index contributed by atoms with van der Waals surface area (Å²) in [4.78, 5) is 33.6. The summed E-state index contributed by atoms with van der Waals surface area (Å²) in [5.41, 5.74) is 5.06. The first-order valence-corrected chi connectivity index (χ1v) is 9.56. The molecule has 0 spiro atoms. The third-order valence-electron chi connectivity index (χ3n) is 4.17. The van der Waals surface area contributed by atoms with Crippen LogP contribution in [0.5, 0.6) is 11.5 Å². The van der Waals surface area contributed by atoms with Crippen LogP contribution >= 0.6 is 11.8 Å². The van der Waals surface area contributed by atoms with Gasteiger partial charge in [0.15, 0.2) is 0 Å². The molecule has 1 fully saturated rings. The van der Waals surface area contributed by atoms with E-state index in [1.807, 2.05) is 5.32 Å². The first kappa shape index (κ1) is 22.4. The van der Waals surface area contributed by atoms with Gasteiger partial charge in [0.2, 0.25) is 0 Å². The molecule has 1 saturated heterocycles. The number of nitrogens with two attached hydrogens (primary N) is 1. The van der Waals surface area contributed by atoms with Gasteiger partial charge < -0.3 is 15.6 Å². The number of carbonyl (C=O) groups excluding carboxylic acids is 2. The van der Waals surface area contributed by atoms with Crippen LogP contribution in [0.2, 0.25) is 0 Å². The molecule has 0 aliphatic carbocycles. The minimum atomic E-state index is -4.74. The summed E-state index contributed by atoms with van der Waals surface area (Å²) in [7, 11) is 0. The second-order valence-corrected chi connectivity index (χ2v) is 7.52. The number of hydrogen-bond acceptors (Lipinski definition) is 6. The predicted octanol–water partition coefficient (Wildman–Crippen LogP) is 3.78. The van der Waals surface area contributed by atoms with Crippen LogP contribution in [0.4, 0.5) is 18.0 Å². The number of rotatable bonds is 6. The van der Waals surface area contributed by atoms with Crippen molar-refractivity contribution in [3.63, 3.8) is 0 Å². The lowest BCUT2D eigenvalue weighted by Gasteiger charge is -2.15. The summed E-state index contributed by atoms with van der Waals surface area (Å²) in [6, 6.07) is 8.00. The highest BCUT2D eigenvalue weighted by atomic mass is 32.2. The van der Waals surface area contributed by atoms with Crippen molar-refractivity contribution < 1.29 is 37.4 Å². The zero-order valence-electron chi connectivity index (χ0n) is 15.6. The van der Waals surface area contributed by atoms with Gasteiger partial charge in [-0.1, -0.05) is 18.2 Å². The van der Waals surface area contributed by atoms with Crippen LogP contribution in [0.1, 0.15) is 16.7 Å². The van der Waals surface area contributed by atoms with Crippen LogP contribution in [0.3, 0.4) is 0 Å². The molecule has 1 aliphatic heterocycles. The maximum atomic E-state index is 13.6. The molecule has 0 aromatic heterocycles. The molecule has 1 aliphatic rings. The number of imide groups is 1. The summed E-state index contributed by atoms with van der Waals surface area (Å²) in [5.74, 6) is -2.18. The predicted molar refractivity (Wildman–Crippen MR) is 106 cm³/mol. The quantitative estimate of drug-likeness (QED) is 0.571. The zero-order chi connectivity index (χ0) is 22.8. The van der Waals surface area contributed by atoms with Gasteiger partial charge in [0, 0.05) is 0 Å². The lowest BCUT2D eigenvalue weighted by molar-refractivity contribution is -0.139. The first-order chi connectivity index (χ1) is 14.5. The Hall–Kier alpha value is -3.31. The van der Waals surface area contributed by atoms with Crippen LogP contribution in [0.15, 0.2) is 47.4 Å². The molecule has 162 valence electrons. The number of aliphatic carboxylic acids is 1. The normalized spacial score (nSPS) is 16.3. The van der Waals surface area contributed by atoms with Gasteiger partial charge in [0.25, 0.3) is 11.1 Å². The fourth-order valence-corrected chi connectivity index (χ4v) is 3.36. The van der Waals surface area contributed by atoms with E-state index in [0.29, 0.717) is 17.3 Å². The van der Waals surface area contributed by atoms with Gasteiger partial charge in [0.05, 0.1) is 10.5 Å². The molecule has 2 aromatic rings. The van der Waals surface area contributed by atoms with E-state index in [9.17, 15) is 27.6 Å². The third kappa shape index (κ3) is 5.64. The average Bonchev–Trinajstić information content (AvgIpc) is 3.00. The van der Waals surface area contributed by atoms with Crippen LogP contribution in [-0.4, -0.2) is 28.3 Å². The summed E-state index contributed by atoms with van der Waals surface area (Å²) in [5, 5.41) is 10.3. The number of hydrogen-bond donors (Lipinski definition) is 3. The Morgan fingerprint density at radius 2 is 1.87 bits per heavy atom. The fourth-order valence-electron chi connectivity index (χ4n) is 2.68. The number of thioether (sulfide) groups is 1. The van der Waals surface area contributed by atoms with Crippen molar-refractivity contribution in [1.82, 2.24) is 5.32 Å². The summed E-state index contributed by atoms with van der Waals surface area (Å²) >= 11 is 0.599. The molecule has 2 aromatic carbocycles. The fraction of sp³-hybridized carbons (Fsp3) is 0.150. The smallest absolute Gasteiger partial charge is 0.420 e. The van der Waals surface area contributed by atoms with Crippen molar-refractivity contribution in [3.05, 3.63) is 64.1 Å². The number of carbonyl (C=O) groups is 3. The SMILES string of the molecule is NC(Cc1ccc(Oc2ccc(C=C3SC(=O)NC3=O)cc2C(F)(F)F)cc1)C(=O)O. The van der Waals surface area contributed by atoms with Crippen LogP contribution < -0.4 is 15.8 Å². The van der Waals surface area contributed by atoms with Crippen molar-refractivity contribution in [2.45, 2.75) is 18.6 Å². The zero-order valence-corrected chi connectivity index (χ0v) is 16.4. The average molecular weight is 452 g/mol. The third-order valence-corrected chi connectivity index (χ3v) is 4.98. The number of nitrogens with one attached hydrogen (secondary N) is 1. The first-order valence-electron chi connectivity index (χ1n) is 8.74. The molecular formula is C20H15F3N2O5S. The molecular weight excluding hydrogens is 437 g/mol. The Morgan fingerprint density at radius 3 is 2.42 bits per heavy atom. The topological polar surface area (TPSA) is 119 Å². The number of halogens is 3. The van der Waals surface area contributed by atoms with Crippen molar-refractivity contribution in [2.24, 2.45) is 5.73 Å². The van der Waals surface area contributed by atoms with E-state index in [-0.39, 0.29) is 22.6 Å². The highest BCUT2D eigenvalue weighted by Gasteiger charge is 2.35. The van der Waals surface area contributed by atoms with Gasteiger partial charge >= 0.3 is 12.1 Å². The van der Waals surface area contributed by atoms with E-state index in [4.69, 9.17) is 15.6 Å². The molecule has 0 saturated carbocycles. The lowest BCUT2D eigenvalue weighted by atomic mass is 10.1. The number of benzene rings is 2. The van der Waals surface area contributed by atoms with E-state index in [1.165, 1.54) is 36.4 Å². The standard InChI is InChI=1S/C20H15F3N2O5S/c21-20(22,23)13-7-11(9-16-17(26)25-19(29)31-16)3-6-15(13)30-12-4-1-10(2-5-12)8-14(24)18(27)28/h1-7,9,14H,8,24H2,(H,27,28)(H,25,26,29). The Kier molecular flexibility index (Phi) is 6.37. The summed E-state index contributed by atoms with van der Waals surface area (Å²) in [6.07, 6.45) is -3.50. The Morgan fingerprint density at radius 1 is 1.19 bits per heavy atom. The van der Waals surface area contributed by atoms with Gasteiger partial charge in [0.1, 0.15) is 17.5 Å². The van der Waals surface area contributed by atoms with Crippen molar-refractivity contribution in [1.29, 1.82) is 0 Å². The second kappa shape index (κ2) is 8.82. The number of carboxylic acids is 1. The van der Waals surface area contributed by atoms with Crippen LogP contribution in [0, 0.1) is 0 Å². The molecule has 1 atom stereocenters. The largest absolute Gasteiger partial charge is 0.480 e. The van der Waals surface area contributed by atoms with Gasteiger partial charge in [-0.25, -0.2) is 0 Å². The minimum absolute atomic E-state index is 0.0121. The van der Waals surface area contributed by atoms with Crippen molar-refractivity contribution in [2.75, 3.05) is 0 Å². The van der Waals surface area contributed by atoms with Gasteiger partial charge in [-0.3, -0.25) is 19.7 Å². The Bertz CT molecular complexity index is 1070. The van der Waals surface area contributed by atoms with Gasteiger partial charge in [-0.15, -0.1) is 0 Å². The monoisotopic (exact) mass is 452 g/mol.